The second-order valence-electron chi connectivity index (χ2n) is 4.95. The average Bonchev–Trinajstić information content (AvgIpc) is 2.78. The topological polar surface area (TPSA) is 69.7 Å². The van der Waals surface area contributed by atoms with Gasteiger partial charge in [0.05, 0.1) is 16.5 Å². The van der Waals surface area contributed by atoms with Gasteiger partial charge in [-0.2, -0.15) is 0 Å². The van der Waals surface area contributed by atoms with Gasteiger partial charge in [-0.15, -0.1) is 0 Å². The number of hydrogen-bond donors (Lipinski definition) is 0. The summed E-state index contributed by atoms with van der Waals surface area (Å²) in [5.74, 6) is 0.171. The summed E-state index contributed by atoms with van der Waals surface area (Å²) in [6.45, 7) is 0.819. The van der Waals surface area contributed by atoms with E-state index < -0.39 is 15.8 Å². The van der Waals surface area contributed by atoms with Crippen LogP contribution in [0.3, 0.4) is 0 Å². The number of halogens is 1. The van der Waals surface area contributed by atoms with Gasteiger partial charge < -0.3 is 9.47 Å². The van der Waals surface area contributed by atoms with Crippen molar-refractivity contribution in [1.29, 1.82) is 0 Å². The van der Waals surface area contributed by atoms with E-state index in [1.54, 1.807) is 6.07 Å². The van der Waals surface area contributed by atoms with E-state index in [0.717, 1.165) is 0 Å². The minimum absolute atomic E-state index is 0.0711. The molecule has 1 fully saturated rings. The molecule has 5 nitrogen and oxygen atoms in total. The molecule has 1 aromatic carbocycles. The van der Waals surface area contributed by atoms with Crippen molar-refractivity contribution in [2.45, 2.75) is 6.42 Å². The number of ether oxygens (including phenoxy) is 2. The number of Topliss-reactive ketones (excluding diaryl/α,β-unsaturated/α-hetero) is 1. The van der Waals surface area contributed by atoms with Gasteiger partial charge in [0.25, 0.3) is 0 Å². The number of carbonyl (C=O) groups excluding carboxylic acids is 1. The summed E-state index contributed by atoms with van der Waals surface area (Å²) in [5, 5.41) is 0.311. The zero-order valence-corrected chi connectivity index (χ0v) is 12.2. The predicted molar refractivity (Wildman–Crippen MR) is 73.5 cm³/mol. The highest BCUT2D eigenvalue weighted by atomic mass is 35.5. The molecule has 108 valence electrons. The third-order valence-electron chi connectivity index (χ3n) is 3.48. The molecule has 0 bridgehead atoms. The molecule has 0 amide bonds. The van der Waals surface area contributed by atoms with Gasteiger partial charge >= 0.3 is 0 Å². The molecular formula is C13H13ClO5S. The van der Waals surface area contributed by atoms with E-state index in [1.807, 2.05) is 0 Å². The normalized spacial score (nSPS) is 23.6. The Morgan fingerprint density at radius 2 is 2.00 bits per heavy atom. The van der Waals surface area contributed by atoms with Crippen molar-refractivity contribution < 1.29 is 22.7 Å². The summed E-state index contributed by atoms with van der Waals surface area (Å²) in [7, 11) is -3.09. The molecule has 0 saturated carbocycles. The van der Waals surface area contributed by atoms with Crippen molar-refractivity contribution in [3.8, 4) is 11.5 Å². The summed E-state index contributed by atoms with van der Waals surface area (Å²) in [6, 6.07) is 3.09. The number of ketones is 1. The highest BCUT2D eigenvalue weighted by Crippen LogP contribution is 2.39. The molecular weight excluding hydrogens is 304 g/mol. The number of sulfone groups is 1. The summed E-state index contributed by atoms with van der Waals surface area (Å²) >= 11 is 6.08. The van der Waals surface area contributed by atoms with E-state index in [-0.39, 0.29) is 17.3 Å². The van der Waals surface area contributed by atoms with Crippen LogP contribution < -0.4 is 9.47 Å². The molecule has 0 N–H and O–H groups in total. The molecule has 20 heavy (non-hydrogen) atoms. The number of fused-ring (bicyclic) bond motifs is 1. The first-order chi connectivity index (χ1) is 9.46. The first-order valence-corrected chi connectivity index (χ1v) is 8.50. The van der Waals surface area contributed by atoms with Crippen LogP contribution in [0.2, 0.25) is 5.02 Å². The predicted octanol–water partition coefficient (Wildman–Crippen LogP) is 1.73. The summed E-state index contributed by atoms with van der Waals surface area (Å²) in [4.78, 5) is 12.4. The largest absolute Gasteiger partial charge is 0.486 e. The van der Waals surface area contributed by atoms with Crippen molar-refractivity contribution in [2.24, 2.45) is 5.92 Å². The molecule has 2 aliphatic heterocycles. The lowest BCUT2D eigenvalue weighted by molar-refractivity contribution is 0.0932. The van der Waals surface area contributed by atoms with Gasteiger partial charge in [0.1, 0.15) is 13.2 Å². The van der Waals surface area contributed by atoms with Gasteiger partial charge in [-0.3, -0.25) is 4.79 Å². The molecule has 1 unspecified atom stereocenters. The highest BCUT2D eigenvalue weighted by molar-refractivity contribution is 7.91. The van der Waals surface area contributed by atoms with Crippen molar-refractivity contribution >= 4 is 27.2 Å². The number of carbonyl (C=O) groups is 1. The average molecular weight is 317 g/mol. The van der Waals surface area contributed by atoms with Gasteiger partial charge in [-0.25, -0.2) is 8.42 Å². The molecule has 3 rings (SSSR count). The maximum absolute atomic E-state index is 12.4. The third-order valence-corrected chi connectivity index (χ3v) is 5.53. The second kappa shape index (κ2) is 4.93. The van der Waals surface area contributed by atoms with E-state index in [2.05, 4.69) is 0 Å². The van der Waals surface area contributed by atoms with Crippen LogP contribution in [0.4, 0.5) is 0 Å². The lowest BCUT2D eigenvalue weighted by atomic mass is 9.97. The van der Waals surface area contributed by atoms with Gasteiger partial charge in [0.15, 0.2) is 27.1 Å². The monoisotopic (exact) mass is 316 g/mol. The van der Waals surface area contributed by atoms with Gasteiger partial charge in [-0.05, 0) is 18.6 Å². The van der Waals surface area contributed by atoms with E-state index in [4.69, 9.17) is 21.1 Å². The van der Waals surface area contributed by atoms with Crippen molar-refractivity contribution in [3.63, 3.8) is 0 Å². The molecule has 0 spiro atoms. The Morgan fingerprint density at radius 1 is 1.25 bits per heavy atom. The van der Waals surface area contributed by atoms with E-state index >= 15 is 0 Å². The second-order valence-corrected chi connectivity index (χ2v) is 7.58. The molecule has 1 aromatic rings. The minimum Gasteiger partial charge on any atom is -0.486 e. The van der Waals surface area contributed by atoms with Crippen LogP contribution in [0.5, 0.6) is 11.5 Å². The van der Waals surface area contributed by atoms with E-state index in [9.17, 15) is 13.2 Å². The summed E-state index contributed by atoms with van der Waals surface area (Å²) < 4.78 is 33.7. The smallest absolute Gasteiger partial charge is 0.179 e. The van der Waals surface area contributed by atoms with Gasteiger partial charge in [0, 0.05) is 11.5 Å². The number of hydrogen-bond acceptors (Lipinski definition) is 5. The Labute approximate surface area is 121 Å². The molecule has 2 aliphatic rings. The molecule has 1 atom stereocenters. The van der Waals surface area contributed by atoms with Gasteiger partial charge in [-0.1, -0.05) is 11.6 Å². The number of benzene rings is 1. The molecule has 0 aromatic heterocycles. The van der Waals surface area contributed by atoms with Crippen LogP contribution in [-0.4, -0.2) is 38.9 Å². The summed E-state index contributed by atoms with van der Waals surface area (Å²) in [6.07, 6.45) is 0.368. The Kier molecular flexibility index (Phi) is 3.38. The molecule has 2 heterocycles. The SMILES string of the molecule is O=C(c1cc(Cl)c2c(c1)OCCO2)C1CCS(=O)(=O)C1. The molecule has 0 radical (unpaired) electrons. The fraction of sp³-hybridized carbons (Fsp3) is 0.462. The highest BCUT2D eigenvalue weighted by Gasteiger charge is 2.34. The Balaban J connectivity index is 1.91. The van der Waals surface area contributed by atoms with Crippen molar-refractivity contribution in [3.05, 3.63) is 22.7 Å². The van der Waals surface area contributed by atoms with Crippen LogP contribution in [0.25, 0.3) is 0 Å². The van der Waals surface area contributed by atoms with Crippen molar-refractivity contribution in [1.82, 2.24) is 0 Å². The van der Waals surface area contributed by atoms with E-state index in [0.29, 0.717) is 41.7 Å². The quantitative estimate of drug-likeness (QED) is 0.777. The Hall–Kier alpha value is -1.27. The fourth-order valence-electron chi connectivity index (χ4n) is 2.49. The maximum Gasteiger partial charge on any atom is 0.179 e. The van der Waals surface area contributed by atoms with Crippen LogP contribution >= 0.6 is 11.6 Å². The van der Waals surface area contributed by atoms with Crippen LogP contribution in [0.15, 0.2) is 12.1 Å². The van der Waals surface area contributed by atoms with Gasteiger partial charge in [0.2, 0.25) is 0 Å². The zero-order valence-electron chi connectivity index (χ0n) is 10.6. The fourth-order valence-corrected chi connectivity index (χ4v) is 4.50. The zero-order chi connectivity index (χ0) is 14.3. The lowest BCUT2D eigenvalue weighted by Crippen LogP contribution is -2.19. The van der Waals surface area contributed by atoms with Crippen LogP contribution in [0, 0.1) is 5.92 Å². The molecule has 7 heteroatoms. The number of rotatable bonds is 2. The third kappa shape index (κ3) is 2.50. The Morgan fingerprint density at radius 3 is 2.70 bits per heavy atom. The summed E-state index contributed by atoms with van der Waals surface area (Å²) in [5.41, 5.74) is 0.376. The molecule has 1 saturated heterocycles. The first kappa shape index (κ1) is 13.7. The van der Waals surface area contributed by atoms with E-state index in [1.165, 1.54) is 6.07 Å². The van der Waals surface area contributed by atoms with Crippen LogP contribution in [-0.2, 0) is 9.84 Å². The maximum atomic E-state index is 12.4. The first-order valence-electron chi connectivity index (χ1n) is 6.30. The minimum atomic E-state index is -3.09. The van der Waals surface area contributed by atoms with Crippen LogP contribution in [0.1, 0.15) is 16.8 Å². The van der Waals surface area contributed by atoms with Crippen molar-refractivity contribution in [2.75, 3.05) is 24.7 Å². The molecule has 0 aliphatic carbocycles. The standard InChI is InChI=1S/C13H13ClO5S/c14-10-5-9(6-11-13(10)19-3-2-18-11)12(15)8-1-4-20(16,17)7-8/h5-6,8H,1-4,7H2. The lowest BCUT2D eigenvalue weighted by Gasteiger charge is -2.20. The Bertz CT molecular complexity index is 668.